The first-order valence-corrected chi connectivity index (χ1v) is 8.63. The number of carbonyl (C=O) groups excluding carboxylic acids is 2. The molecule has 2 amide bonds. The van der Waals surface area contributed by atoms with Crippen molar-refractivity contribution in [3.05, 3.63) is 24.3 Å². The van der Waals surface area contributed by atoms with E-state index in [1.54, 1.807) is 28.6 Å². The lowest BCUT2D eigenvalue weighted by Crippen LogP contribution is -2.38. The van der Waals surface area contributed by atoms with E-state index in [0.29, 0.717) is 19.5 Å². The fourth-order valence-corrected chi connectivity index (χ4v) is 3.06. The van der Waals surface area contributed by atoms with Crippen LogP contribution in [0, 0.1) is 5.92 Å². The van der Waals surface area contributed by atoms with Crippen LogP contribution >= 0.6 is 11.8 Å². The first kappa shape index (κ1) is 16.8. The fraction of sp³-hybridized carbons (Fsp3) is 0.500. The van der Waals surface area contributed by atoms with E-state index in [4.69, 9.17) is 0 Å². The minimum atomic E-state index is -0.243. The third-order valence-corrected chi connectivity index (χ3v) is 4.64. The molecule has 1 aromatic rings. The van der Waals surface area contributed by atoms with Gasteiger partial charge in [-0.3, -0.25) is 9.59 Å². The van der Waals surface area contributed by atoms with E-state index in [1.165, 1.54) is 0 Å². The number of anilines is 1. The minimum absolute atomic E-state index is 0.0265. The Hall–Kier alpha value is -1.53. The molecule has 1 heterocycles. The van der Waals surface area contributed by atoms with Crippen molar-refractivity contribution in [3.8, 4) is 0 Å². The van der Waals surface area contributed by atoms with Crippen LogP contribution in [0.1, 0.15) is 6.42 Å². The lowest BCUT2D eigenvalue weighted by molar-refractivity contribution is -0.134. The van der Waals surface area contributed by atoms with Crippen molar-refractivity contribution >= 4 is 29.3 Å². The summed E-state index contributed by atoms with van der Waals surface area (Å²) in [5.41, 5.74) is 0.880. The van der Waals surface area contributed by atoms with Crippen molar-refractivity contribution in [2.45, 2.75) is 11.3 Å². The van der Waals surface area contributed by atoms with E-state index >= 15 is 0 Å². The Bertz CT molecular complexity index is 550. The summed E-state index contributed by atoms with van der Waals surface area (Å²) < 4.78 is 0. The van der Waals surface area contributed by atoms with Gasteiger partial charge in [-0.15, -0.1) is 11.8 Å². The summed E-state index contributed by atoms with van der Waals surface area (Å²) in [4.78, 5) is 29.2. The predicted molar refractivity (Wildman–Crippen MR) is 90.2 cm³/mol. The van der Waals surface area contributed by atoms with Crippen molar-refractivity contribution in [2.24, 2.45) is 5.92 Å². The van der Waals surface area contributed by atoms with Gasteiger partial charge in [-0.25, -0.2) is 0 Å². The average molecular weight is 321 g/mol. The molecule has 120 valence electrons. The molecule has 0 bridgehead atoms. The molecular weight excluding hydrogens is 298 g/mol. The van der Waals surface area contributed by atoms with Crippen LogP contribution in [0.5, 0.6) is 0 Å². The SMILES string of the molecule is CNCCN(C)C(=O)C1CC(=O)N(c2cccc(SC)c2)C1. The maximum Gasteiger partial charge on any atom is 0.227 e. The van der Waals surface area contributed by atoms with Crippen molar-refractivity contribution < 1.29 is 9.59 Å². The predicted octanol–water partition coefficient (Wildman–Crippen LogP) is 1.44. The van der Waals surface area contributed by atoms with E-state index in [0.717, 1.165) is 17.1 Å². The highest BCUT2D eigenvalue weighted by molar-refractivity contribution is 7.98. The fourth-order valence-electron chi connectivity index (χ4n) is 2.60. The molecular formula is C16H23N3O2S. The number of rotatable bonds is 6. The van der Waals surface area contributed by atoms with Crippen molar-refractivity contribution in [2.75, 3.05) is 44.9 Å². The lowest BCUT2D eigenvalue weighted by Gasteiger charge is -2.21. The Morgan fingerprint density at radius 2 is 2.27 bits per heavy atom. The summed E-state index contributed by atoms with van der Waals surface area (Å²) in [5.74, 6) is -0.168. The van der Waals surface area contributed by atoms with Gasteiger partial charge in [-0.2, -0.15) is 0 Å². The number of nitrogens with zero attached hydrogens (tertiary/aromatic N) is 2. The average Bonchev–Trinajstić information content (AvgIpc) is 2.93. The zero-order chi connectivity index (χ0) is 16.1. The van der Waals surface area contributed by atoms with Crippen molar-refractivity contribution in [1.29, 1.82) is 0 Å². The lowest BCUT2D eigenvalue weighted by atomic mass is 10.1. The van der Waals surface area contributed by atoms with Crippen LogP contribution in [0.4, 0.5) is 5.69 Å². The van der Waals surface area contributed by atoms with Gasteiger partial charge < -0.3 is 15.1 Å². The minimum Gasteiger partial charge on any atom is -0.344 e. The summed E-state index contributed by atoms with van der Waals surface area (Å²) in [6, 6.07) is 7.89. The van der Waals surface area contributed by atoms with Crippen LogP contribution < -0.4 is 10.2 Å². The van der Waals surface area contributed by atoms with Crippen LogP contribution in [0.2, 0.25) is 0 Å². The van der Waals surface area contributed by atoms with Crippen LogP contribution in [0.25, 0.3) is 0 Å². The molecule has 0 radical (unpaired) electrons. The van der Waals surface area contributed by atoms with Crippen LogP contribution in [-0.2, 0) is 9.59 Å². The molecule has 1 saturated heterocycles. The van der Waals surface area contributed by atoms with Gasteiger partial charge in [0.2, 0.25) is 11.8 Å². The summed E-state index contributed by atoms with van der Waals surface area (Å²) in [6.45, 7) is 1.88. The molecule has 22 heavy (non-hydrogen) atoms. The van der Waals surface area contributed by atoms with Gasteiger partial charge >= 0.3 is 0 Å². The Morgan fingerprint density at radius 1 is 1.50 bits per heavy atom. The number of benzene rings is 1. The molecule has 1 N–H and O–H groups in total. The highest BCUT2D eigenvalue weighted by atomic mass is 32.2. The smallest absolute Gasteiger partial charge is 0.227 e. The first-order chi connectivity index (χ1) is 10.6. The molecule has 1 unspecified atom stereocenters. The van der Waals surface area contributed by atoms with E-state index < -0.39 is 0 Å². The number of nitrogens with one attached hydrogen (secondary N) is 1. The van der Waals surface area contributed by atoms with Crippen LogP contribution in [0.15, 0.2) is 29.2 Å². The van der Waals surface area contributed by atoms with Gasteiger partial charge in [0.25, 0.3) is 0 Å². The van der Waals surface area contributed by atoms with E-state index in [1.807, 2.05) is 37.6 Å². The number of carbonyl (C=O) groups is 2. The highest BCUT2D eigenvalue weighted by Crippen LogP contribution is 2.28. The summed E-state index contributed by atoms with van der Waals surface area (Å²) in [5, 5.41) is 3.03. The number of likely N-dealkylation sites (N-methyl/N-ethyl adjacent to an activating group) is 2. The molecule has 5 nitrogen and oxygen atoms in total. The summed E-state index contributed by atoms with van der Waals surface area (Å²) in [6.07, 6.45) is 2.31. The van der Waals surface area contributed by atoms with Gasteiger partial charge in [0.1, 0.15) is 0 Å². The molecule has 6 heteroatoms. The molecule has 1 aliphatic rings. The second-order valence-electron chi connectivity index (χ2n) is 5.47. The quantitative estimate of drug-likeness (QED) is 0.806. The molecule has 1 atom stereocenters. The second kappa shape index (κ2) is 7.65. The maximum atomic E-state index is 12.4. The molecule has 0 spiro atoms. The van der Waals surface area contributed by atoms with Crippen LogP contribution in [0.3, 0.4) is 0 Å². The molecule has 1 aromatic carbocycles. The van der Waals surface area contributed by atoms with Crippen molar-refractivity contribution in [1.82, 2.24) is 10.2 Å². The molecule has 0 aliphatic carbocycles. The third-order valence-electron chi connectivity index (χ3n) is 3.91. The number of amides is 2. The van der Waals surface area contributed by atoms with Crippen molar-refractivity contribution in [3.63, 3.8) is 0 Å². The standard InChI is InChI=1S/C16H23N3O2S/c1-17-7-8-18(2)16(21)12-9-15(20)19(11-12)13-5-4-6-14(10-13)22-3/h4-6,10,12,17H,7-9,11H2,1-3H3. The Morgan fingerprint density at radius 3 is 2.95 bits per heavy atom. The molecule has 0 saturated carbocycles. The second-order valence-corrected chi connectivity index (χ2v) is 6.35. The Labute approximate surface area is 136 Å². The van der Waals surface area contributed by atoms with Gasteiger partial charge in [0.15, 0.2) is 0 Å². The number of thioether (sulfide) groups is 1. The molecule has 0 aromatic heterocycles. The maximum absolute atomic E-state index is 12.4. The Kier molecular flexibility index (Phi) is 5.85. The first-order valence-electron chi connectivity index (χ1n) is 7.40. The largest absolute Gasteiger partial charge is 0.344 e. The highest BCUT2D eigenvalue weighted by Gasteiger charge is 2.36. The molecule has 1 aliphatic heterocycles. The topological polar surface area (TPSA) is 52.7 Å². The van der Waals surface area contributed by atoms with Crippen LogP contribution in [-0.4, -0.2) is 56.7 Å². The third kappa shape index (κ3) is 3.81. The molecule has 1 fully saturated rings. The number of hydrogen-bond acceptors (Lipinski definition) is 4. The zero-order valence-corrected chi connectivity index (χ0v) is 14.2. The van der Waals surface area contributed by atoms with E-state index in [-0.39, 0.29) is 17.7 Å². The monoisotopic (exact) mass is 321 g/mol. The summed E-state index contributed by atoms with van der Waals surface area (Å²) in [7, 11) is 3.65. The van der Waals surface area contributed by atoms with E-state index in [9.17, 15) is 9.59 Å². The van der Waals surface area contributed by atoms with Gasteiger partial charge in [0, 0.05) is 43.7 Å². The Balaban J connectivity index is 2.05. The normalized spacial score (nSPS) is 17.9. The molecule has 2 rings (SSSR count). The summed E-state index contributed by atoms with van der Waals surface area (Å²) >= 11 is 1.64. The van der Waals surface area contributed by atoms with Gasteiger partial charge in [-0.05, 0) is 31.5 Å². The van der Waals surface area contributed by atoms with Gasteiger partial charge in [0.05, 0.1) is 5.92 Å². The zero-order valence-electron chi connectivity index (χ0n) is 13.3. The van der Waals surface area contributed by atoms with E-state index in [2.05, 4.69) is 5.32 Å². The van der Waals surface area contributed by atoms with Gasteiger partial charge in [-0.1, -0.05) is 6.07 Å². The number of hydrogen-bond donors (Lipinski definition) is 1.